The third-order valence-corrected chi connectivity index (χ3v) is 3.00. The van der Waals surface area contributed by atoms with Crippen molar-refractivity contribution in [2.45, 2.75) is 31.1 Å². The zero-order valence-corrected chi connectivity index (χ0v) is 9.80. The number of alkyl halides is 3. The van der Waals surface area contributed by atoms with Crippen LogP contribution >= 0.6 is 0 Å². The van der Waals surface area contributed by atoms with E-state index in [1.54, 1.807) is 0 Å². The van der Waals surface area contributed by atoms with E-state index < -0.39 is 12.2 Å². The van der Waals surface area contributed by atoms with Gasteiger partial charge in [-0.25, -0.2) is 0 Å². The molecule has 0 aromatic heterocycles. The van der Waals surface area contributed by atoms with E-state index in [-0.39, 0.29) is 12.6 Å². The van der Waals surface area contributed by atoms with Gasteiger partial charge in [-0.1, -0.05) is 0 Å². The molecule has 1 heterocycles. The standard InChI is InChI=1S/C10H20F3N3/c1-15(2)7-8-4-3-5-16(8)9(6-14)10(11,12)13/h8-9H,3-7,14H2,1-2H3. The molecule has 96 valence electrons. The minimum Gasteiger partial charge on any atom is -0.329 e. The van der Waals surface area contributed by atoms with Crippen molar-refractivity contribution in [3.63, 3.8) is 0 Å². The third-order valence-electron chi connectivity index (χ3n) is 3.00. The fourth-order valence-corrected chi connectivity index (χ4v) is 2.34. The van der Waals surface area contributed by atoms with E-state index in [1.165, 1.54) is 4.90 Å². The molecule has 2 unspecified atom stereocenters. The Morgan fingerprint density at radius 3 is 2.50 bits per heavy atom. The van der Waals surface area contributed by atoms with E-state index in [4.69, 9.17) is 5.73 Å². The molecule has 1 aliphatic rings. The van der Waals surface area contributed by atoms with Crippen LogP contribution in [0.5, 0.6) is 0 Å². The van der Waals surface area contributed by atoms with Crippen LogP contribution in [0, 0.1) is 0 Å². The Kier molecular flexibility index (Phi) is 4.58. The first kappa shape index (κ1) is 13.7. The van der Waals surface area contributed by atoms with Crippen molar-refractivity contribution in [1.29, 1.82) is 0 Å². The molecule has 3 nitrogen and oxygen atoms in total. The van der Waals surface area contributed by atoms with Crippen LogP contribution in [-0.2, 0) is 0 Å². The zero-order chi connectivity index (χ0) is 12.3. The topological polar surface area (TPSA) is 32.5 Å². The van der Waals surface area contributed by atoms with Gasteiger partial charge in [-0.05, 0) is 33.5 Å². The Morgan fingerprint density at radius 2 is 2.06 bits per heavy atom. The summed E-state index contributed by atoms with van der Waals surface area (Å²) >= 11 is 0. The van der Waals surface area contributed by atoms with Crippen LogP contribution in [0.4, 0.5) is 13.2 Å². The molecular formula is C10H20F3N3. The van der Waals surface area contributed by atoms with E-state index in [9.17, 15) is 13.2 Å². The van der Waals surface area contributed by atoms with Crippen molar-refractivity contribution in [3.05, 3.63) is 0 Å². The molecule has 1 rings (SSSR count). The summed E-state index contributed by atoms with van der Waals surface area (Å²) in [6, 6.07) is -1.51. The summed E-state index contributed by atoms with van der Waals surface area (Å²) in [5, 5.41) is 0. The van der Waals surface area contributed by atoms with Gasteiger partial charge in [0, 0.05) is 19.1 Å². The fourth-order valence-electron chi connectivity index (χ4n) is 2.34. The van der Waals surface area contributed by atoms with E-state index in [2.05, 4.69) is 0 Å². The minimum absolute atomic E-state index is 0.0230. The number of rotatable bonds is 4. The quantitative estimate of drug-likeness (QED) is 0.791. The van der Waals surface area contributed by atoms with Crippen LogP contribution in [0.25, 0.3) is 0 Å². The normalized spacial score (nSPS) is 25.3. The summed E-state index contributed by atoms with van der Waals surface area (Å²) in [6.07, 6.45) is -2.57. The van der Waals surface area contributed by atoms with Crippen molar-refractivity contribution >= 4 is 0 Å². The molecule has 2 N–H and O–H groups in total. The molecule has 0 radical (unpaired) electrons. The first-order valence-corrected chi connectivity index (χ1v) is 5.53. The van der Waals surface area contributed by atoms with E-state index in [0.717, 1.165) is 12.8 Å². The molecule has 0 aliphatic carbocycles. The fraction of sp³-hybridized carbons (Fsp3) is 1.00. The molecule has 0 spiro atoms. The van der Waals surface area contributed by atoms with Gasteiger partial charge in [0.15, 0.2) is 0 Å². The largest absolute Gasteiger partial charge is 0.405 e. The first-order chi connectivity index (χ1) is 7.36. The molecule has 0 bridgehead atoms. The van der Waals surface area contributed by atoms with Crippen molar-refractivity contribution in [1.82, 2.24) is 9.80 Å². The second-order valence-electron chi connectivity index (χ2n) is 4.59. The van der Waals surface area contributed by atoms with Crippen LogP contribution in [0.15, 0.2) is 0 Å². The maximum Gasteiger partial charge on any atom is 0.405 e. The molecule has 0 aromatic rings. The molecule has 1 saturated heterocycles. The van der Waals surface area contributed by atoms with Gasteiger partial charge in [0.1, 0.15) is 6.04 Å². The molecule has 16 heavy (non-hydrogen) atoms. The van der Waals surface area contributed by atoms with E-state index >= 15 is 0 Å². The SMILES string of the molecule is CN(C)CC1CCCN1C(CN)C(F)(F)F. The summed E-state index contributed by atoms with van der Waals surface area (Å²) in [4.78, 5) is 3.44. The number of likely N-dealkylation sites (N-methyl/N-ethyl adjacent to an activating group) is 1. The summed E-state index contributed by atoms with van der Waals surface area (Å²) in [5.74, 6) is 0. The Balaban J connectivity index is 2.68. The Labute approximate surface area is 94.4 Å². The second-order valence-corrected chi connectivity index (χ2v) is 4.59. The molecule has 1 aliphatic heterocycles. The number of nitrogens with two attached hydrogens (primary N) is 1. The Bertz CT molecular complexity index is 218. The molecule has 0 aromatic carbocycles. The average molecular weight is 239 g/mol. The van der Waals surface area contributed by atoms with Crippen LogP contribution in [0.3, 0.4) is 0 Å². The van der Waals surface area contributed by atoms with Crippen LogP contribution in [-0.4, -0.2) is 61.8 Å². The highest BCUT2D eigenvalue weighted by atomic mass is 19.4. The Morgan fingerprint density at radius 1 is 1.44 bits per heavy atom. The van der Waals surface area contributed by atoms with Crippen molar-refractivity contribution in [2.75, 3.05) is 33.7 Å². The highest BCUT2D eigenvalue weighted by Gasteiger charge is 2.46. The van der Waals surface area contributed by atoms with Gasteiger partial charge in [0.05, 0.1) is 0 Å². The van der Waals surface area contributed by atoms with Crippen LogP contribution in [0.2, 0.25) is 0 Å². The van der Waals surface area contributed by atoms with Crippen LogP contribution < -0.4 is 5.73 Å². The van der Waals surface area contributed by atoms with E-state index in [1.807, 2.05) is 19.0 Å². The monoisotopic (exact) mass is 239 g/mol. The third kappa shape index (κ3) is 3.33. The molecule has 0 amide bonds. The van der Waals surface area contributed by atoms with Gasteiger partial charge in [-0.15, -0.1) is 0 Å². The highest BCUT2D eigenvalue weighted by molar-refractivity contribution is 4.90. The smallest absolute Gasteiger partial charge is 0.329 e. The van der Waals surface area contributed by atoms with Crippen LogP contribution in [0.1, 0.15) is 12.8 Å². The van der Waals surface area contributed by atoms with Crippen molar-refractivity contribution in [2.24, 2.45) is 5.73 Å². The molecule has 6 heteroatoms. The predicted molar refractivity (Wildman–Crippen MR) is 57.2 cm³/mol. The minimum atomic E-state index is -4.22. The molecular weight excluding hydrogens is 219 g/mol. The van der Waals surface area contributed by atoms with Gasteiger partial charge in [0.2, 0.25) is 0 Å². The lowest BCUT2D eigenvalue weighted by molar-refractivity contribution is -0.183. The summed E-state index contributed by atoms with van der Waals surface area (Å²) in [5.41, 5.74) is 5.26. The zero-order valence-electron chi connectivity index (χ0n) is 9.80. The lowest BCUT2D eigenvalue weighted by atomic mass is 10.1. The van der Waals surface area contributed by atoms with Gasteiger partial charge >= 0.3 is 6.18 Å². The van der Waals surface area contributed by atoms with Gasteiger partial charge in [-0.3, -0.25) is 4.90 Å². The van der Waals surface area contributed by atoms with E-state index in [0.29, 0.717) is 13.1 Å². The maximum atomic E-state index is 12.7. The van der Waals surface area contributed by atoms with Gasteiger partial charge in [0.25, 0.3) is 0 Å². The highest BCUT2D eigenvalue weighted by Crippen LogP contribution is 2.30. The average Bonchev–Trinajstić information content (AvgIpc) is 2.51. The van der Waals surface area contributed by atoms with Crippen molar-refractivity contribution in [3.8, 4) is 0 Å². The number of hydrogen-bond donors (Lipinski definition) is 1. The predicted octanol–water partition coefficient (Wildman–Crippen LogP) is 0.902. The molecule has 2 atom stereocenters. The maximum absolute atomic E-state index is 12.7. The van der Waals surface area contributed by atoms with Gasteiger partial charge < -0.3 is 10.6 Å². The molecule has 0 saturated carbocycles. The Hall–Kier alpha value is -0.330. The summed E-state index contributed by atoms with van der Waals surface area (Å²) in [7, 11) is 3.75. The van der Waals surface area contributed by atoms with Crippen molar-refractivity contribution < 1.29 is 13.2 Å². The number of hydrogen-bond acceptors (Lipinski definition) is 3. The number of nitrogens with zero attached hydrogens (tertiary/aromatic N) is 2. The first-order valence-electron chi connectivity index (χ1n) is 5.53. The molecule has 1 fully saturated rings. The van der Waals surface area contributed by atoms with Gasteiger partial charge in [-0.2, -0.15) is 13.2 Å². The lowest BCUT2D eigenvalue weighted by Crippen LogP contribution is -2.54. The number of halogens is 3. The number of likely N-dealkylation sites (tertiary alicyclic amines) is 1. The second kappa shape index (κ2) is 5.33. The summed E-state index contributed by atoms with van der Waals surface area (Å²) in [6.45, 7) is 0.805. The lowest BCUT2D eigenvalue weighted by Gasteiger charge is -2.34. The summed E-state index contributed by atoms with van der Waals surface area (Å²) < 4.78 is 38.2.